The molecule has 0 radical (unpaired) electrons. The third-order valence-corrected chi connectivity index (χ3v) is 5.67. The lowest BCUT2D eigenvalue weighted by atomic mass is 9.96. The maximum absolute atomic E-state index is 12.4. The fourth-order valence-electron chi connectivity index (χ4n) is 3.51. The van der Waals surface area contributed by atoms with Gasteiger partial charge in [0, 0.05) is 36.0 Å². The highest BCUT2D eigenvalue weighted by Gasteiger charge is 2.27. The number of nitrogens with one attached hydrogen (secondary N) is 2. The Kier molecular flexibility index (Phi) is 8.50. The van der Waals surface area contributed by atoms with E-state index in [-0.39, 0.29) is 23.6 Å². The number of hydrogen-bond acceptors (Lipinski definition) is 4. The van der Waals surface area contributed by atoms with Crippen LogP contribution >= 0.6 is 11.6 Å². The highest BCUT2D eigenvalue weighted by Crippen LogP contribution is 2.19. The molecule has 3 rings (SSSR count). The minimum Gasteiger partial charge on any atom is -0.489 e. The fraction of sp³-hybridized carbons (Fsp3) is 0.375. The fourth-order valence-corrected chi connectivity index (χ4v) is 3.63. The monoisotopic (exact) mass is 457 g/mol. The lowest BCUT2D eigenvalue weighted by molar-refractivity contribution is -0.135. The number of hydrogen-bond donors (Lipinski definition) is 2. The highest BCUT2D eigenvalue weighted by molar-refractivity contribution is 6.30. The largest absolute Gasteiger partial charge is 0.489 e. The van der Waals surface area contributed by atoms with Crippen LogP contribution in [0.4, 0.5) is 0 Å². The summed E-state index contributed by atoms with van der Waals surface area (Å²) >= 11 is 5.86. The molecule has 8 heteroatoms. The van der Waals surface area contributed by atoms with E-state index in [1.54, 1.807) is 48.5 Å². The summed E-state index contributed by atoms with van der Waals surface area (Å²) in [6, 6.07) is 14.1. The van der Waals surface area contributed by atoms with Gasteiger partial charge in [-0.15, -0.1) is 0 Å². The molecule has 1 aliphatic rings. The first-order valence-corrected chi connectivity index (χ1v) is 11.2. The minimum absolute atomic E-state index is 0.140. The van der Waals surface area contributed by atoms with Crippen molar-refractivity contribution in [2.24, 2.45) is 5.92 Å². The van der Waals surface area contributed by atoms with Crippen LogP contribution in [0, 0.1) is 5.92 Å². The van der Waals surface area contributed by atoms with Crippen molar-refractivity contribution in [1.29, 1.82) is 0 Å². The number of rotatable bonds is 7. The molecule has 1 fully saturated rings. The number of hydrazine groups is 1. The number of ether oxygens (including phenoxy) is 1. The average Bonchev–Trinajstić information content (AvgIpc) is 2.82. The van der Waals surface area contributed by atoms with Gasteiger partial charge >= 0.3 is 0 Å². The SMILES string of the molecule is CCCC(=O)N1CCC(C(=O)NNC(=O)c2ccc(COc3ccc(Cl)cc3)cc2)CC1. The highest BCUT2D eigenvalue weighted by atomic mass is 35.5. The summed E-state index contributed by atoms with van der Waals surface area (Å²) < 4.78 is 5.69. The van der Waals surface area contributed by atoms with Crippen LogP contribution in [0.1, 0.15) is 48.5 Å². The molecule has 0 atom stereocenters. The predicted molar refractivity (Wildman–Crippen MR) is 122 cm³/mol. The summed E-state index contributed by atoms with van der Waals surface area (Å²) in [5, 5.41) is 0.646. The Labute approximate surface area is 193 Å². The molecule has 1 heterocycles. The van der Waals surface area contributed by atoms with Crippen molar-refractivity contribution in [2.75, 3.05) is 13.1 Å². The summed E-state index contributed by atoms with van der Waals surface area (Å²) in [5.74, 6) is 0.0162. The van der Waals surface area contributed by atoms with Gasteiger partial charge in [0.05, 0.1) is 0 Å². The smallest absolute Gasteiger partial charge is 0.269 e. The molecule has 3 amide bonds. The molecule has 2 aromatic rings. The zero-order valence-corrected chi connectivity index (χ0v) is 18.9. The van der Waals surface area contributed by atoms with Crippen molar-refractivity contribution in [2.45, 2.75) is 39.2 Å². The maximum Gasteiger partial charge on any atom is 0.269 e. The second-order valence-corrected chi connectivity index (χ2v) is 8.22. The lowest BCUT2D eigenvalue weighted by Gasteiger charge is -2.31. The van der Waals surface area contributed by atoms with E-state index in [1.165, 1.54) is 0 Å². The Morgan fingerprint density at radius 3 is 2.28 bits per heavy atom. The molecule has 0 aliphatic carbocycles. The molecule has 170 valence electrons. The number of carbonyl (C=O) groups excluding carboxylic acids is 3. The van der Waals surface area contributed by atoms with E-state index in [0.29, 0.717) is 55.3 Å². The molecule has 0 bridgehead atoms. The van der Waals surface area contributed by atoms with E-state index in [0.717, 1.165) is 12.0 Å². The predicted octanol–water partition coefficient (Wildman–Crippen LogP) is 3.72. The van der Waals surface area contributed by atoms with Crippen LogP contribution in [0.25, 0.3) is 0 Å². The first-order valence-electron chi connectivity index (χ1n) is 10.8. The third kappa shape index (κ3) is 6.72. The molecule has 1 aliphatic heterocycles. The van der Waals surface area contributed by atoms with Crippen LogP contribution in [-0.2, 0) is 16.2 Å². The van der Waals surface area contributed by atoms with Crippen LogP contribution in [0.5, 0.6) is 5.75 Å². The Hall–Kier alpha value is -3.06. The van der Waals surface area contributed by atoms with Crippen molar-refractivity contribution in [3.05, 3.63) is 64.7 Å². The molecule has 2 N–H and O–H groups in total. The average molecular weight is 458 g/mol. The second-order valence-electron chi connectivity index (χ2n) is 7.79. The molecule has 0 saturated carbocycles. The Bertz CT molecular complexity index is 923. The van der Waals surface area contributed by atoms with Crippen LogP contribution in [0.15, 0.2) is 48.5 Å². The van der Waals surface area contributed by atoms with Gasteiger partial charge in [0.15, 0.2) is 0 Å². The Balaban J connectivity index is 1.41. The standard InChI is InChI=1S/C24H28ClN3O4/c1-2-3-22(29)28-14-12-19(13-15-28)24(31)27-26-23(30)18-6-4-17(5-7-18)16-32-21-10-8-20(25)9-11-21/h4-11,19H,2-3,12-16H2,1H3,(H,26,30)(H,27,31). The van der Waals surface area contributed by atoms with Crippen LogP contribution in [0.3, 0.4) is 0 Å². The van der Waals surface area contributed by atoms with Crippen molar-refractivity contribution < 1.29 is 19.1 Å². The topological polar surface area (TPSA) is 87.7 Å². The Morgan fingerprint density at radius 2 is 1.66 bits per heavy atom. The number of halogens is 1. The van der Waals surface area contributed by atoms with Gasteiger partial charge in [-0.05, 0) is 61.2 Å². The lowest BCUT2D eigenvalue weighted by Crippen LogP contribution is -2.48. The number of likely N-dealkylation sites (tertiary alicyclic amines) is 1. The molecular formula is C24H28ClN3O4. The van der Waals surface area contributed by atoms with E-state index in [2.05, 4.69) is 10.9 Å². The Morgan fingerprint density at radius 1 is 1.00 bits per heavy atom. The van der Waals surface area contributed by atoms with E-state index < -0.39 is 0 Å². The maximum atomic E-state index is 12.4. The van der Waals surface area contributed by atoms with Gasteiger partial charge in [0.2, 0.25) is 11.8 Å². The summed E-state index contributed by atoms with van der Waals surface area (Å²) in [6.45, 7) is 3.48. The number of carbonyl (C=O) groups is 3. The number of amides is 3. The molecule has 7 nitrogen and oxygen atoms in total. The minimum atomic E-state index is -0.390. The molecule has 0 unspecified atom stereocenters. The van der Waals surface area contributed by atoms with E-state index in [9.17, 15) is 14.4 Å². The van der Waals surface area contributed by atoms with Gasteiger partial charge in [-0.3, -0.25) is 25.2 Å². The quantitative estimate of drug-likeness (QED) is 0.620. The van der Waals surface area contributed by atoms with E-state index in [4.69, 9.17) is 16.3 Å². The van der Waals surface area contributed by atoms with Gasteiger partial charge in [-0.25, -0.2) is 0 Å². The van der Waals surface area contributed by atoms with Crippen molar-refractivity contribution in [1.82, 2.24) is 15.8 Å². The first kappa shape index (κ1) is 23.6. The normalized spacial score (nSPS) is 14.0. The summed E-state index contributed by atoms with van der Waals surface area (Å²) in [6.07, 6.45) is 2.56. The van der Waals surface area contributed by atoms with Crippen LogP contribution in [0.2, 0.25) is 5.02 Å². The first-order chi connectivity index (χ1) is 15.5. The number of piperidine rings is 1. The molecular weight excluding hydrogens is 430 g/mol. The molecule has 0 aromatic heterocycles. The second kappa shape index (κ2) is 11.5. The molecule has 1 saturated heterocycles. The summed E-state index contributed by atoms with van der Waals surface area (Å²) in [4.78, 5) is 38.5. The zero-order valence-electron chi connectivity index (χ0n) is 18.1. The van der Waals surface area contributed by atoms with Gasteiger partial charge in [-0.2, -0.15) is 0 Å². The molecule has 32 heavy (non-hydrogen) atoms. The van der Waals surface area contributed by atoms with Crippen molar-refractivity contribution >= 4 is 29.3 Å². The van der Waals surface area contributed by atoms with Gasteiger partial charge < -0.3 is 9.64 Å². The number of benzene rings is 2. The summed E-state index contributed by atoms with van der Waals surface area (Å²) in [5.41, 5.74) is 6.32. The van der Waals surface area contributed by atoms with Gasteiger partial charge in [0.25, 0.3) is 5.91 Å². The third-order valence-electron chi connectivity index (χ3n) is 5.42. The zero-order chi connectivity index (χ0) is 22.9. The molecule has 2 aromatic carbocycles. The van der Waals surface area contributed by atoms with E-state index in [1.807, 2.05) is 11.8 Å². The number of nitrogens with zero attached hydrogens (tertiary/aromatic N) is 1. The van der Waals surface area contributed by atoms with Gasteiger partial charge in [0.1, 0.15) is 12.4 Å². The van der Waals surface area contributed by atoms with Crippen LogP contribution < -0.4 is 15.6 Å². The van der Waals surface area contributed by atoms with Crippen LogP contribution in [-0.4, -0.2) is 35.7 Å². The van der Waals surface area contributed by atoms with Crippen molar-refractivity contribution in [3.63, 3.8) is 0 Å². The molecule has 0 spiro atoms. The summed E-state index contributed by atoms with van der Waals surface area (Å²) in [7, 11) is 0. The van der Waals surface area contributed by atoms with Gasteiger partial charge in [-0.1, -0.05) is 30.7 Å². The van der Waals surface area contributed by atoms with E-state index >= 15 is 0 Å². The van der Waals surface area contributed by atoms with Crippen molar-refractivity contribution in [3.8, 4) is 5.75 Å².